The van der Waals surface area contributed by atoms with E-state index in [4.69, 9.17) is 23.2 Å². The van der Waals surface area contributed by atoms with Crippen LogP contribution < -0.4 is 10.2 Å². The van der Waals surface area contributed by atoms with Crippen LogP contribution in [0.2, 0.25) is 10.0 Å². The molecule has 22 heavy (non-hydrogen) atoms. The molecule has 0 radical (unpaired) electrons. The first-order valence-corrected chi connectivity index (χ1v) is 8.20. The fourth-order valence-corrected chi connectivity index (χ4v) is 3.04. The van der Waals surface area contributed by atoms with Gasteiger partial charge in [-0.1, -0.05) is 23.2 Å². The number of benzene rings is 1. The van der Waals surface area contributed by atoms with Crippen molar-refractivity contribution in [2.24, 2.45) is 0 Å². The lowest BCUT2D eigenvalue weighted by atomic mass is 10.1. The molecule has 1 fully saturated rings. The van der Waals surface area contributed by atoms with Crippen molar-refractivity contribution in [3.63, 3.8) is 0 Å². The van der Waals surface area contributed by atoms with E-state index in [0.29, 0.717) is 10.0 Å². The maximum Gasteiger partial charge on any atom is 0.227 e. The van der Waals surface area contributed by atoms with Gasteiger partial charge in [-0.3, -0.25) is 0 Å². The van der Waals surface area contributed by atoms with E-state index < -0.39 is 0 Å². The lowest BCUT2D eigenvalue weighted by molar-refractivity contribution is 0.568. The molecule has 2 aromatic rings. The monoisotopic (exact) mass is 336 g/mol. The number of nitrogens with one attached hydrogen (secondary N) is 1. The molecule has 0 atom stereocenters. The summed E-state index contributed by atoms with van der Waals surface area (Å²) in [6, 6.07) is 7.28. The third kappa shape index (κ3) is 3.62. The van der Waals surface area contributed by atoms with E-state index in [-0.39, 0.29) is 0 Å². The van der Waals surface area contributed by atoms with E-state index in [2.05, 4.69) is 20.2 Å². The van der Waals surface area contributed by atoms with Gasteiger partial charge in [0.05, 0.1) is 10.7 Å². The summed E-state index contributed by atoms with van der Waals surface area (Å²) in [7, 11) is 0. The van der Waals surface area contributed by atoms with Crippen molar-refractivity contribution < 1.29 is 0 Å². The van der Waals surface area contributed by atoms with Gasteiger partial charge in [-0.25, -0.2) is 4.98 Å². The number of halogens is 2. The molecule has 3 rings (SSSR count). The van der Waals surface area contributed by atoms with Gasteiger partial charge in [0.2, 0.25) is 5.95 Å². The molecule has 1 aliphatic rings. The molecule has 1 N–H and O–H groups in total. The molecule has 1 aromatic carbocycles. The molecule has 0 amide bonds. The van der Waals surface area contributed by atoms with Crippen LogP contribution in [0.15, 0.2) is 24.3 Å². The molecular formula is C16H18Cl2N4. The Morgan fingerprint density at radius 1 is 1.05 bits per heavy atom. The van der Waals surface area contributed by atoms with Gasteiger partial charge >= 0.3 is 0 Å². The van der Waals surface area contributed by atoms with E-state index in [0.717, 1.165) is 36.2 Å². The summed E-state index contributed by atoms with van der Waals surface area (Å²) in [6.45, 7) is 4.01. The fraction of sp³-hybridized carbons (Fsp3) is 0.375. The summed E-state index contributed by atoms with van der Waals surface area (Å²) >= 11 is 12.1. The van der Waals surface area contributed by atoms with Crippen LogP contribution in [-0.4, -0.2) is 23.1 Å². The number of piperidine rings is 1. The first-order valence-electron chi connectivity index (χ1n) is 7.44. The number of aryl methyl sites for hydroxylation is 1. The largest absolute Gasteiger partial charge is 0.341 e. The average Bonchev–Trinajstić information content (AvgIpc) is 2.50. The molecule has 1 aromatic heterocycles. The molecule has 4 nitrogen and oxygen atoms in total. The smallest absolute Gasteiger partial charge is 0.227 e. The highest BCUT2D eigenvalue weighted by Crippen LogP contribution is 2.28. The van der Waals surface area contributed by atoms with Crippen molar-refractivity contribution in [3.05, 3.63) is 40.0 Å². The highest BCUT2D eigenvalue weighted by molar-refractivity contribution is 6.36. The standard InChI is InChI=1S/C16H18Cl2N4/c1-11-9-15(20-14-6-5-12(17)10-13(14)18)21-16(19-11)22-7-3-2-4-8-22/h5-6,9-10H,2-4,7-8H2,1H3,(H,19,20,21). The van der Waals surface area contributed by atoms with Gasteiger partial charge in [-0.2, -0.15) is 4.98 Å². The van der Waals surface area contributed by atoms with Gasteiger partial charge in [0.15, 0.2) is 0 Å². The number of aromatic nitrogens is 2. The van der Waals surface area contributed by atoms with E-state index in [9.17, 15) is 0 Å². The quantitative estimate of drug-likeness (QED) is 0.871. The number of hydrogen-bond acceptors (Lipinski definition) is 4. The summed E-state index contributed by atoms with van der Waals surface area (Å²) in [4.78, 5) is 11.4. The molecule has 0 spiro atoms. The highest BCUT2D eigenvalue weighted by atomic mass is 35.5. The number of nitrogens with zero attached hydrogens (tertiary/aromatic N) is 3. The van der Waals surface area contributed by atoms with Crippen LogP contribution in [0.4, 0.5) is 17.5 Å². The Morgan fingerprint density at radius 2 is 1.82 bits per heavy atom. The third-order valence-corrected chi connectivity index (χ3v) is 4.22. The minimum atomic E-state index is 0.572. The number of anilines is 3. The van der Waals surface area contributed by atoms with Crippen molar-refractivity contribution >= 4 is 40.7 Å². The summed E-state index contributed by atoms with van der Waals surface area (Å²) in [5.41, 5.74) is 1.72. The normalized spacial score (nSPS) is 15.0. The Morgan fingerprint density at radius 3 is 2.55 bits per heavy atom. The molecular weight excluding hydrogens is 319 g/mol. The third-order valence-electron chi connectivity index (χ3n) is 3.68. The van der Waals surface area contributed by atoms with Crippen LogP contribution in [0.1, 0.15) is 25.0 Å². The molecule has 1 saturated heterocycles. The molecule has 0 saturated carbocycles. The Labute approximate surface area is 140 Å². The van der Waals surface area contributed by atoms with Gasteiger partial charge < -0.3 is 10.2 Å². The molecule has 0 unspecified atom stereocenters. The topological polar surface area (TPSA) is 41.1 Å². The summed E-state index contributed by atoms with van der Waals surface area (Å²) in [6.07, 6.45) is 3.68. The molecule has 0 bridgehead atoms. The van der Waals surface area contributed by atoms with Gasteiger partial charge in [-0.15, -0.1) is 0 Å². The fourth-order valence-electron chi connectivity index (χ4n) is 2.58. The van der Waals surface area contributed by atoms with Crippen LogP contribution in [0, 0.1) is 6.92 Å². The van der Waals surface area contributed by atoms with Crippen LogP contribution in [0.3, 0.4) is 0 Å². The van der Waals surface area contributed by atoms with E-state index in [1.165, 1.54) is 19.3 Å². The zero-order chi connectivity index (χ0) is 15.5. The van der Waals surface area contributed by atoms with Crippen LogP contribution in [-0.2, 0) is 0 Å². The van der Waals surface area contributed by atoms with E-state index in [1.807, 2.05) is 19.1 Å². The molecule has 2 heterocycles. The minimum absolute atomic E-state index is 0.572. The Kier molecular flexibility index (Phi) is 4.69. The SMILES string of the molecule is Cc1cc(Nc2ccc(Cl)cc2Cl)nc(N2CCCCC2)n1. The van der Waals surface area contributed by atoms with Gasteiger partial charge in [0, 0.05) is 29.9 Å². The van der Waals surface area contributed by atoms with E-state index in [1.54, 1.807) is 12.1 Å². The Hall–Kier alpha value is -1.52. The average molecular weight is 337 g/mol. The Bertz CT molecular complexity index is 669. The summed E-state index contributed by atoms with van der Waals surface area (Å²) < 4.78 is 0. The molecule has 1 aliphatic heterocycles. The predicted molar refractivity (Wildman–Crippen MR) is 92.6 cm³/mol. The maximum atomic E-state index is 6.21. The zero-order valence-corrected chi connectivity index (χ0v) is 14.0. The predicted octanol–water partition coefficient (Wildman–Crippen LogP) is 4.83. The second kappa shape index (κ2) is 6.71. The van der Waals surface area contributed by atoms with Crippen LogP contribution >= 0.6 is 23.2 Å². The van der Waals surface area contributed by atoms with Crippen molar-refractivity contribution in [3.8, 4) is 0 Å². The highest BCUT2D eigenvalue weighted by Gasteiger charge is 2.15. The summed E-state index contributed by atoms with van der Waals surface area (Å²) in [5, 5.41) is 4.44. The minimum Gasteiger partial charge on any atom is -0.341 e. The van der Waals surface area contributed by atoms with Crippen molar-refractivity contribution in [1.82, 2.24) is 9.97 Å². The van der Waals surface area contributed by atoms with Gasteiger partial charge in [0.25, 0.3) is 0 Å². The molecule has 0 aliphatic carbocycles. The second-order valence-electron chi connectivity index (χ2n) is 5.49. The van der Waals surface area contributed by atoms with Crippen molar-refractivity contribution in [2.45, 2.75) is 26.2 Å². The first-order chi connectivity index (χ1) is 10.6. The van der Waals surface area contributed by atoms with Crippen molar-refractivity contribution in [1.29, 1.82) is 0 Å². The van der Waals surface area contributed by atoms with E-state index >= 15 is 0 Å². The zero-order valence-electron chi connectivity index (χ0n) is 12.4. The van der Waals surface area contributed by atoms with Gasteiger partial charge in [-0.05, 0) is 44.4 Å². The lowest BCUT2D eigenvalue weighted by Crippen LogP contribution is -2.31. The second-order valence-corrected chi connectivity index (χ2v) is 6.34. The van der Waals surface area contributed by atoms with Gasteiger partial charge in [0.1, 0.15) is 5.82 Å². The number of rotatable bonds is 3. The summed E-state index contributed by atoms with van der Waals surface area (Å²) in [5.74, 6) is 1.53. The molecule has 6 heteroatoms. The maximum absolute atomic E-state index is 6.21. The molecule has 116 valence electrons. The Balaban J connectivity index is 1.85. The first kappa shape index (κ1) is 15.4. The van der Waals surface area contributed by atoms with Crippen molar-refractivity contribution in [2.75, 3.05) is 23.3 Å². The van der Waals surface area contributed by atoms with Crippen LogP contribution in [0.25, 0.3) is 0 Å². The lowest BCUT2D eigenvalue weighted by Gasteiger charge is -2.27. The number of hydrogen-bond donors (Lipinski definition) is 1. The van der Waals surface area contributed by atoms with Crippen LogP contribution in [0.5, 0.6) is 0 Å².